The Morgan fingerprint density at radius 3 is 2.30 bits per heavy atom. The maximum absolute atomic E-state index is 5.27. The van der Waals surface area contributed by atoms with Crippen LogP contribution >= 0.6 is 11.8 Å². The van der Waals surface area contributed by atoms with Crippen molar-refractivity contribution in [2.45, 2.75) is 35.6 Å². The summed E-state index contributed by atoms with van der Waals surface area (Å²) in [5, 5.41) is 1.29. The van der Waals surface area contributed by atoms with Gasteiger partial charge in [-0.05, 0) is 54.8 Å². The van der Waals surface area contributed by atoms with E-state index in [1.807, 2.05) is 12.1 Å². The molecule has 0 aliphatic carbocycles. The third kappa shape index (κ3) is 5.99. The van der Waals surface area contributed by atoms with Crippen LogP contribution in [-0.4, -0.2) is 7.11 Å². The molecule has 0 saturated carbocycles. The molecule has 0 aliphatic heterocycles. The van der Waals surface area contributed by atoms with Gasteiger partial charge in [-0.3, -0.25) is 0 Å². The van der Waals surface area contributed by atoms with Gasteiger partial charge in [0.15, 0.2) is 6.20 Å². The van der Waals surface area contributed by atoms with Crippen LogP contribution in [0.4, 0.5) is 0 Å². The minimum absolute atomic E-state index is 0. The van der Waals surface area contributed by atoms with Gasteiger partial charge in [0, 0.05) is 22.8 Å². The molecule has 4 rings (SSSR count). The highest BCUT2D eigenvalue weighted by molar-refractivity contribution is 7.99. The average Bonchev–Trinajstić information content (AvgIpc) is 2.78. The van der Waals surface area contributed by atoms with E-state index in [2.05, 4.69) is 83.6 Å². The normalized spacial score (nSPS) is 10.6. The summed E-state index contributed by atoms with van der Waals surface area (Å²) in [6.45, 7) is 1.03. The number of hydrogen-bond donors (Lipinski definition) is 0. The summed E-state index contributed by atoms with van der Waals surface area (Å²) in [6, 6.07) is 30.0. The van der Waals surface area contributed by atoms with Gasteiger partial charge in [0.05, 0.1) is 12.0 Å². The molecule has 0 saturated heterocycles. The van der Waals surface area contributed by atoms with Crippen LogP contribution in [-0.2, 0) is 13.0 Å². The number of fused-ring (bicyclic) bond motifs is 1. The highest BCUT2D eigenvalue weighted by Gasteiger charge is 2.12. The summed E-state index contributed by atoms with van der Waals surface area (Å²) in [4.78, 5) is 2.48. The number of pyridine rings is 1. The molecular weight excluding hydrogens is 501 g/mol. The van der Waals surface area contributed by atoms with Crippen molar-refractivity contribution in [3.8, 4) is 5.75 Å². The molecule has 4 aromatic rings. The Bertz CT molecular complexity index is 1070. The number of aromatic nitrogens is 1. The van der Waals surface area contributed by atoms with Crippen LogP contribution in [0.25, 0.3) is 10.9 Å². The van der Waals surface area contributed by atoms with Crippen molar-refractivity contribution in [1.29, 1.82) is 0 Å². The number of ether oxygens (including phenoxy) is 1. The number of benzene rings is 3. The fourth-order valence-corrected chi connectivity index (χ4v) is 4.47. The molecule has 0 N–H and O–H groups in total. The van der Waals surface area contributed by atoms with Crippen molar-refractivity contribution in [3.05, 3.63) is 96.7 Å². The molecule has 30 heavy (non-hydrogen) atoms. The van der Waals surface area contributed by atoms with Crippen molar-refractivity contribution in [1.82, 2.24) is 0 Å². The summed E-state index contributed by atoms with van der Waals surface area (Å²) in [7, 11) is 1.70. The molecule has 3 aromatic carbocycles. The lowest BCUT2D eigenvalue weighted by Gasteiger charge is -2.07. The van der Waals surface area contributed by atoms with Crippen LogP contribution in [0.3, 0.4) is 0 Å². The first-order valence-corrected chi connectivity index (χ1v) is 10.9. The highest BCUT2D eigenvalue weighted by Crippen LogP contribution is 2.30. The van der Waals surface area contributed by atoms with Crippen LogP contribution in [0.1, 0.15) is 18.4 Å². The van der Waals surface area contributed by atoms with Crippen LogP contribution in [0.15, 0.2) is 101 Å². The van der Waals surface area contributed by atoms with E-state index in [-0.39, 0.29) is 24.0 Å². The summed E-state index contributed by atoms with van der Waals surface area (Å²) in [6.07, 6.45) is 5.79. The number of aryl methyl sites for hydroxylation is 2. The maximum atomic E-state index is 5.27. The molecule has 1 aromatic heterocycles. The smallest absolute Gasteiger partial charge is 0.212 e. The van der Waals surface area contributed by atoms with Crippen molar-refractivity contribution in [2.24, 2.45) is 0 Å². The molecule has 0 radical (unpaired) electrons. The molecule has 0 amide bonds. The third-order valence-corrected chi connectivity index (χ3v) is 6.05. The van der Waals surface area contributed by atoms with Gasteiger partial charge in [-0.1, -0.05) is 54.2 Å². The van der Waals surface area contributed by atoms with Gasteiger partial charge in [0.1, 0.15) is 12.3 Å². The average molecular weight is 527 g/mol. The van der Waals surface area contributed by atoms with Gasteiger partial charge in [0.2, 0.25) is 5.52 Å². The van der Waals surface area contributed by atoms with E-state index in [1.54, 1.807) is 18.9 Å². The minimum Gasteiger partial charge on any atom is -1.00 e. The monoisotopic (exact) mass is 527 g/mol. The van der Waals surface area contributed by atoms with E-state index in [0.717, 1.165) is 18.7 Å². The Morgan fingerprint density at radius 2 is 1.53 bits per heavy atom. The van der Waals surface area contributed by atoms with E-state index in [9.17, 15) is 0 Å². The van der Waals surface area contributed by atoms with Gasteiger partial charge in [0.25, 0.3) is 0 Å². The lowest BCUT2D eigenvalue weighted by atomic mass is 10.1. The second kappa shape index (κ2) is 11.4. The third-order valence-electron chi connectivity index (χ3n) is 5.08. The first-order chi connectivity index (χ1) is 14.3. The van der Waals surface area contributed by atoms with Crippen LogP contribution in [0, 0.1) is 0 Å². The molecule has 0 atom stereocenters. The Balaban J connectivity index is 0.00000256. The largest absolute Gasteiger partial charge is 1.00 e. The summed E-state index contributed by atoms with van der Waals surface area (Å²) >= 11 is 1.80. The maximum Gasteiger partial charge on any atom is 0.212 e. The zero-order valence-corrected chi connectivity index (χ0v) is 20.1. The minimum atomic E-state index is 0. The van der Waals surface area contributed by atoms with Gasteiger partial charge in [-0.2, -0.15) is 4.57 Å². The topological polar surface area (TPSA) is 13.1 Å². The molecule has 0 fully saturated rings. The van der Waals surface area contributed by atoms with Gasteiger partial charge in [-0.15, -0.1) is 0 Å². The predicted molar refractivity (Wildman–Crippen MR) is 121 cm³/mol. The molecule has 0 spiro atoms. The first-order valence-electron chi connectivity index (χ1n) is 10.1. The Kier molecular flexibility index (Phi) is 8.58. The number of para-hydroxylation sites is 1. The summed E-state index contributed by atoms with van der Waals surface area (Å²) < 4.78 is 7.68. The van der Waals surface area contributed by atoms with Crippen molar-refractivity contribution in [3.63, 3.8) is 0 Å². The van der Waals surface area contributed by atoms with E-state index in [1.165, 1.54) is 39.1 Å². The SMILES string of the molecule is COc1ccc(Sc2cc3ccccc3[n+](CCCCc3ccccc3)c2)cc1.[I-]. The number of rotatable bonds is 8. The lowest BCUT2D eigenvalue weighted by Crippen LogP contribution is -3.00. The summed E-state index contributed by atoms with van der Waals surface area (Å²) in [5.74, 6) is 0.890. The van der Waals surface area contributed by atoms with Gasteiger partial charge >= 0.3 is 0 Å². The predicted octanol–water partition coefficient (Wildman–Crippen LogP) is 3.31. The molecule has 0 unspecified atom stereocenters. The standard InChI is InChI=1S/C26H26NOS.HI/c1-28-23-14-16-24(17-15-23)29-25-19-22-12-5-6-13-26(22)27(20-25)18-8-7-11-21-9-3-2-4-10-21;/h2-6,9-10,12-17,19-20H,7-8,11,18H2,1H3;1H/q+1;/p-1. The van der Waals surface area contributed by atoms with Crippen LogP contribution in [0.5, 0.6) is 5.75 Å². The molecule has 154 valence electrons. The Morgan fingerprint density at radius 1 is 0.800 bits per heavy atom. The fraction of sp³-hybridized carbons (Fsp3) is 0.192. The Hall–Kier alpha value is -2.05. The van der Waals surface area contributed by atoms with E-state index < -0.39 is 0 Å². The zero-order chi connectivity index (χ0) is 19.9. The molecule has 0 aliphatic rings. The molecule has 0 bridgehead atoms. The lowest BCUT2D eigenvalue weighted by molar-refractivity contribution is -0.673. The van der Waals surface area contributed by atoms with Gasteiger partial charge < -0.3 is 28.7 Å². The van der Waals surface area contributed by atoms with Crippen molar-refractivity contribution < 1.29 is 33.3 Å². The first kappa shape index (κ1) is 22.6. The van der Waals surface area contributed by atoms with Crippen LogP contribution < -0.4 is 33.3 Å². The van der Waals surface area contributed by atoms with Crippen molar-refractivity contribution >= 4 is 22.7 Å². The molecule has 2 nitrogen and oxygen atoms in total. The number of unbranched alkanes of at least 4 members (excludes halogenated alkanes) is 1. The number of methoxy groups -OCH3 is 1. The molecular formula is C26H26INOS. The number of halogens is 1. The molecule has 1 heterocycles. The zero-order valence-electron chi connectivity index (χ0n) is 17.1. The van der Waals surface area contributed by atoms with Crippen molar-refractivity contribution in [2.75, 3.05) is 7.11 Å². The van der Waals surface area contributed by atoms with Gasteiger partial charge in [-0.25, -0.2) is 0 Å². The second-order valence-electron chi connectivity index (χ2n) is 7.15. The highest BCUT2D eigenvalue weighted by atomic mass is 127. The summed E-state index contributed by atoms with van der Waals surface area (Å²) in [5.41, 5.74) is 2.72. The molecule has 4 heteroatoms. The van der Waals surface area contributed by atoms with Crippen LogP contribution in [0.2, 0.25) is 0 Å². The fourth-order valence-electron chi connectivity index (χ4n) is 3.56. The second-order valence-corrected chi connectivity index (χ2v) is 8.30. The number of nitrogens with zero attached hydrogens (tertiary/aromatic N) is 1. The number of hydrogen-bond acceptors (Lipinski definition) is 2. The Labute approximate surface area is 200 Å². The van der Waals surface area contributed by atoms with E-state index in [4.69, 9.17) is 4.74 Å². The van der Waals surface area contributed by atoms with E-state index >= 15 is 0 Å². The quantitative estimate of drug-likeness (QED) is 0.198. The van der Waals surface area contributed by atoms with E-state index in [0.29, 0.717) is 0 Å².